The van der Waals surface area contributed by atoms with Crippen LogP contribution in [-0.4, -0.2) is 16.9 Å². The van der Waals surface area contributed by atoms with Crippen LogP contribution in [-0.2, 0) is 13.0 Å². The number of fused-ring (bicyclic) bond motifs is 1. The first-order chi connectivity index (χ1) is 13.2. The van der Waals surface area contributed by atoms with Crippen molar-refractivity contribution in [2.45, 2.75) is 45.7 Å². The summed E-state index contributed by atoms with van der Waals surface area (Å²) in [5.41, 5.74) is 7.63. The third kappa shape index (κ3) is 3.50. The van der Waals surface area contributed by atoms with Gasteiger partial charge in [0.1, 0.15) is 5.75 Å². The Balaban J connectivity index is 1.57. The zero-order valence-corrected chi connectivity index (χ0v) is 16.3. The first-order valence-electron chi connectivity index (χ1n) is 9.67. The second-order valence-corrected chi connectivity index (χ2v) is 7.36. The maximum Gasteiger partial charge on any atom is 0.123 e. The highest BCUT2D eigenvalue weighted by Gasteiger charge is 2.24. The van der Waals surface area contributed by atoms with Crippen LogP contribution in [0.15, 0.2) is 48.7 Å². The van der Waals surface area contributed by atoms with Crippen molar-refractivity contribution in [1.29, 1.82) is 0 Å². The van der Waals surface area contributed by atoms with E-state index in [9.17, 15) is 0 Å². The van der Waals surface area contributed by atoms with E-state index in [2.05, 4.69) is 54.2 Å². The van der Waals surface area contributed by atoms with E-state index in [1.165, 1.54) is 34.4 Å². The largest absolute Gasteiger partial charge is 0.496 e. The summed E-state index contributed by atoms with van der Waals surface area (Å²) < 4.78 is 7.60. The molecular weight excluding hydrogens is 334 g/mol. The van der Waals surface area contributed by atoms with Crippen molar-refractivity contribution in [2.75, 3.05) is 7.11 Å². The van der Waals surface area contributed by atoms with Gasteiger partial charge in [-0.25, -0.2) is 4.68 Å². The number of hydrogen-bond donors (Lipinski definition) is 1. The predicted molar refractivity (Wildman–Crippen MR) is 109 cm³/mol. The number of methoxy groups -OCH3 is 1. The average Bonchev–Trinajstić information content (AvgIpc) is 3.13. The summed E-state index contributed by atoms with van der Waals surface area (Å²) in [6, 6.07) is 15.1. The van der Waals surface area contributed by atoms with Crippen molar-refractivity contribution in [2.24, 2.45) is 0 Å². The molecule has 0 bridgehead atoms. The minimum Gasteiger partial charge on any atom is -0.496 e. The maximum absolute atomic E-state index is 5.48. The fourth-order valence-corrected chi connectivity index (χ4v) is 3.93. The fraction of sp³-hybridized carbons (Fsp3) is 0.348. The fourth-order valence-electron chi connectivity index (χ4n) is 3.93. The molecule has 1 aromatic heterocycles. The SMILES string of the molecule is COc1ccccc1CN[C@@H]1CCCc2c1cnn2-c1ccc(C)c(C)c1. The van der Waals surface area contributed by atoms with E-state index in [0.717, 1.165) is 30.8 Å². The molecule has 1 aliphatic rings. The van der Waals surface area contributed by atoms with Gasteiger partial charge in [0, 0.05) is 29.4 Å². The molecule has 0 spiro atoms. The molecule has 0 aliphatic heterocycles. The predicted octanol–water partition coefficient (Wildman–Crippen LogP) is 4.66. The summed E-state index contributed by atoms with van der Waals surface area (Å²) in [4.78, 5) is 0. The Hall–Kier alpha value is -2.59. The summed E-state index contributed by atoms with van der Waals surface area (Å²) in [7, 11) is 1.73. The highest BCUT2D eigenvalue weighted by molar-refractivity contribution is 5.42. The van der Waals surface area contributed by atoms with E-state index in [1.807, 2.05) is 18.3 Å². The van der Waals surface area contributed by atoms with Gasteiger partial charge in [0.2, 0.25) is 0 Å². The number of rotatable bonds is 5. The quantitative estimate of drug-likeness (QED) is 0.718. The lowest BCUT2D eigenvalue weighted by Gasteiger charge is -2.25. The molecule has 0 radical (unpaired) electrons. The molecule has 1 heterocycles. The number of para-hydroxylation sites is 1. The Morgan fingerprint density at radius 2 is 2.00 bits per heavy atom. The van der Waals surface area contributed by atoms with E-state index in [1.54, 1.807) is 7.11 Å². The van der Waals surface area contributed by atoms with E-state index in [0.29, 0.717) is 6.04 Å². The van der Waals surface area contributed by atoms with Gasteiger partial charge in [-0.2, -0.15) is 5.10 Å². The summed E-state index contributed by atoms with van der Waals surface area (Å²) in [5.74, 6) is 0.937. The van der Waals surface area contributed by atoms with Crippen molar-refractivity contribution >= 4 is 0 Å². The van der Waals surface area contributed by atoms with Crippen LogP contribution in [0.5, 0.6) is 5.75 Å². The van der Waals surface area contributed by atoms with Gasteiger partial charge in [-0.05, 0) is 62.4 Å². The molecule has 4 heteroatoms. The number of nitrogens with one attached hydrogen (secondary N) is 1. The number of benzene rings is 2. The van der Waals surface area contributed by atoms with Gasteiger partial charge >= 0.3 is 0 Å². The standard InChI is InChI=1S/C23H27N3O/c1-16-11-12-19(13-17(16)2)26-22-9-6-8-21(20(22)15-25-26)24-14-18-7-4-5-10-23(18)27-3/h4-5,7,10-13,15,21,24H,6,8-9,14H2,1-3H3/t21-/m1/s1. The Morgan fingerprint density at radius 1 is 1.15 bits per heavy atom. The topological polar surface area (TPSA) is 39.1 Å². The second-order valence-electron chi connectivity index (χ2n) is 7.36. The van der Waals surface area contributed by atoms with Crippen LogP contribution in [0, 0.1) is 13.8 Å². The Labute approximate surface area is 161 Å². The summed E-state index contributed by atoms with van der Waals surface area (Å²) >= 11 is 0. The number of ether oxygens (including phenoxy) is 1. The molecule has 0 saturated heterocycles. The van der Waals surface area contributed by atoms with Crippen LogP contribution in [0.2, 0.25) is 0 Å². The average molecular weight is 361 g/mol. The van der Waals surface area contributed by atoms with Crippen LogP contribution in [0.3, 0.4) is 0 Å². The van der Waals surface area contributed by atoms with Gasteiger partial charge in [-0.15, -0.1) is 0 Å². The van der Waals surface area contributed by atoms with Crippen LogP contribution in [0.25, 0.3) is 5.69 Å². The molecule has 1 atom stereocenters. The molecule has 0 unspecified atom stereocenters. The van der Waals surface area contributed by atoms with Gasteiger partial charge in [-0.3, -0.25) is 0 Å². The maximum atomic E-state index is 5.48. The molecule has 2 aromatic carbocycles. The van der Waals surface area contributed by atoms with E-state index in [4.69, 9.17) is 9.84 Å². The van der Waals surface area contributed by atoms with Crippen molar-refractivity contribution in [3.63, 3.8) is 0 Å². The van der Waals surface area contributed by atoms with Gasteiger partial charge in [0.05, 0.1) is 19.0 Å². The highest BCUT2D eigenvalue weighted by Crippen LogP contribution is 2.32. The zero-order chi connectivity index (χ0) is 18.8. The molecule has 1 aliphatic carbocycles. The summed E-state index contributed by atoms with van der Waals surface area (Å²) in [5, 5.41) is 8.45. The molecule has 27 heavy (non-hydrogen) atoms. The van der Waals surface area contributed by atoms with Crippen LogP contribution in [0.4, 0.5) is 0 Å². The van der Waals surface area contributed by atoms with Crippen molar-refractivity contribution in [3.05, 3.63) is 76.6 Å². The first-order valence-corrected chi connectivity index (χ1v) is 9.67. The van der Waals surface area contributed by atoms with E-state index < -0.39 is 0 Å². The smallest absolute Gasteiger partial charge is 0.123 e. The van der Waals surface area contributed by atoms with Gasteiger partial charge < -0.3 is 10.1 Å². The molecule has 3 aromatic rings. The summed E-state index contributed by atoms with van der Waals surface area (Å²) in [6.07, 6.45) is 5.44. The normalized spacial score (nSPS) is 16.2. The molecule has 1 N–H and O–H groups in total. The Morgan fingerprint density at radius 3 is 2.81 bits per heavy atom. The molecule has 0 fully saturated rings. The third-order valence-electron chi connectivity index (χ3n) is 5.65. The monoisotopic (exact) mass is 361 g/mol. The summed E-state index contributed by atoms with van der Waals surface area (Å²) in [6.45, 7) is 5.10. The van der Waals surface area contributed by atoms with Crippen LogP contribution < -0.4 is 10.1 Å². The molecule has 140 valence electrons. The number of aryl methyl sites for hydroxylation is 2. The number of nitrogens with zero attached hydrogens (tertiary/aromatic N) is 2. The van der Waals surface area contributed by atoms with Crippen molar-refractivity contribution in [3.8, 4) is 11.4 Å². The number of aromatic nitrogens is 2. The van der Waals surface area contributed by atoms with Gasteiger partial charge in [-0.1, -0.05) is 24.3 Å². The van der Waals surface area contributed by atoms with Gasteiger partial charge in [0.25, 0.3) is 0 Å². The lowest BCUT2D eigenvalue weighted by Crippen LogP contribution is -2.25. The van der Waals surface area contributed by atoms with Crippen molar-refractivity contribution in [1.82, 2.24) is 15.1 Å². The lowest BCUT2D eigenvalue weighted by molar-refractivity contribution is 0.401. The molecule has 0 saturated carbocycles. The highest BCUT2D eigenvalue weighted by atomic mass is 16.5. The minimum atomic E-state index is 0.332. The first kappa shape index (κ1) is 17.8. The van der Waals surface area contributed by atoms with Gasteiger partial charge in [0.15, 0.2) is 0 Å². The Kier molecular flexibility index (Phi) is 4.99. The molecule has 4 rings (SSSR count). The van der Waals surface area contributed by atoms with E-state index in [-0.39, 0.29) is 0 Å². The minimum absolute atomic E-state index is 0.332. The zero-order valence-electron chi connectivity index (χ0n) is 16.3. The number of hydrogen-bond acceptors (Lipinski definition) is 3. The Bertz CT molecular complexity index is 945. The van der Waals surface area contributed by atoms with Crippen LogP contribution in [0.1, 0.15) is 46.8 Å². The van der Waals surface area contributed by atoms with E-state index >= 15 is 0 Å². The van der Waals surface area contributed by atoms with Crippen LogP contribution >= 0.6 is 0 Å². The molecular formula is C23H27N3O. The lowest BCUT2D eigenvalue weighted by atomic mass is 9.92. The molecule has 4 nitrogen and oxygen atoms in total. The third-order valence-corrected chi connectivity index (χ3v) is 5.65. The van der Waals surface area contributed by atoms with Crippen molar-refractivity contribution < 1.29 is 4.74 Å². The molecule has 0 amide bonds. The second kappa shape index (κ2) is 7.57.